The molecular weight excluding hydrogens is 224 g/mol. The van der Waals surface area contributed by atoms with E-state index in [-0.39, 0.29) is 5.75 Å². The Hall–Kier alpha value is -0.870. The number of hydrogen-bond acceptors (Lipinski definition) is 3. The number of aryl methyl sites for hydroxylation is 1. The van der Waals surface area contributed by atoms with E-state index in [9.17, 15) is 13.5 Å². The normalized spacial score (nSPS) is 15.8. The standard InChI is InChI=1S/C12H18O3S/c1-4-16(14,15)10(3)12(13)11-8-6-5-7-9(11)2/h5-8,10,12-13H,4H2,1-3H3/t10-,12-/m1/s1. The number of hydrogen-bond donors (Lipinski definition) is 1. The van der Waals surface area contributed by atoms with Gasteiger partial charge in [-0.05, 0) is 25.0 Å². The summed E-state index contributed by atoms with van der Waals surface area (Å²) in [5.41, 5.74) is 1.60. The smallest absolute Gasteiger partial charge is 0.155 e. The average Bonchev–Trinajstić information content (AvgIpc) is 2.27. The lowest BCUT2D eigenvalue weighted by atomic mass is 10.0. The molecule has 1 rings (SSSR count). The van der Waals surface area contributed by atoms with Crippen molar-refractivity contribution in [2.24, 2.45) is 0 Å². The third-order valence-corrected chi connectivity index (χ3v) is 5.12. The summed E-state index contributed by atoms with van der Waals surface area (Å²) >= 11 is 0. The zero-order valence-corrected chi connectivity index (χ0v) is 10.7. The Morgan fingerprint density at radius 1 is 1.31 bits per heavy atom. The number of benzene rings is 1. The van der Waals surface area contributed by atoms with Crippen molar-refractivity contribution in [2.75, 3.05) is 5.75 Å². The first-order valence-electron chi connectivity index (χ1n) is 5.35. The van der Waals surface area contributed by atoms with E-state index in [0.29, 0.717) is 5.56 Å². The summed E-state index contributed by atoms with van der Waals surface area (Å²) in [7, 11) is -3.21. The van der Waals surface area contributed by atoms with Gasteiger partial charge in [0.15, 0.2) is 9.84 Å². The maximum Gasteiger partial charge on any atom is 0.155 e. The highest BCUT2D eigenvalue weighted by Gasteiger charge is 2.28. The van der Waals surface area contributed by atoms with Gasteiger partial charge in [0.05, 0.1) is 11.4 Å². The van der Waals surface area contributed by atoms with Crippen LogP contribution in [0.3, 0.4) is 0 Å². The molecule has 0 saturated carbocycles. The minimum atomic E-state index is -3.21. The Bertz CT molecular complexity index is 451. The van der Waals surface area contributed by atoms with Crippen LogP contribution in [-0.2, 0) is 9.84 Å². The molecule has 0 heterocycles. The average molecular weight is 242 g/mol. The molecule has 0 aliphatic heterocycles. The van der Waals surface area contributed by atoms with E-state index < -0.39 is 21.2 Å². The minimum Gasteiger partial charge on any atom is -0.387 e. The van der Waals surface area contributed by atoms with Crippen LogP contribution in [0.5, 0.6) is 0 Å². The molecule has 0 spiro atoms. The molecule has 0 fully saturated rings. The Morgan fingerprint density at radius 3 is 2.38 bits per heavy atom. The van der Waals surface area contributed by atoms with Crippen LogP contribution < -0.4 is 0 Å². The first-order valence-corrected chi connectivity index (χ1v) is 7.07. The molecule has 1 aromatic rings. The highest BCUT2D eigenvalue weighted by molar-refractivity contribution is 7.92. The third kappa shape index (κ3) is 2.62. The largest absolute Gasteiger partial charge is 0.387 e. The van der Waals surface area contributed by atoms with Gasteiger partial charge in [0.25, 0.3) is 0 Å². The van der Waals surface area contributed by atoms with Crippen LogP contribution in [0.25, 0.3) is 0 Å². The SMILES string of the molecule is CCS(=O)(=O)[C@H](C)[C@@H](O)c1ccccc1C. The lowest BCUT2D eigenvalue weighted by Crippen LogP contribution is -2.27. The van der Waals surface area contributed by atoms with Gasteiger partial charge in [0.1, 0.15) is 0 Å². The predicted octanol–water partition coefficient (Wildman–Crippen LogP) is 1.85. The van der Waals surface area contributed by atoms with E-state index in [1.54, 1.807) is 26.0 Å². The van der Waals surface area contributed by atoms with Crippen molar-refractivity contribution >= 4 is 9.84 Å². The molecule has 0 radical (unpaired) electrons. The molecule has 1 N–H and O–H groups in total. The van der Waals surface area contributed by atoms with Crippen molar-refractivity contribution in [1.29, 1.82) is 0 Å². The topological polar surface area (TPSA) is 54.4 Å². The van der Waals surface area contributed by atoms with Gasteiger partial charge in [-0.3, -0.25) is 0 Å². The van der Waals surface area contributed by atoms with E-state index in [4.69, 9.17) is 0 Å². The third-order valence-electron chi connectivity index (χ3n) is 2.92. The number of aliphatic hydroxyl groups is 1. The van der Waals surface area contributed by atoms with E-state index in [1.807, 2.05) is 19.1 Å². The quantitative estimate of drug-likeness (QED) is 0.876. The molecule has 0 saturated heterocycles. The summed E-state index contributed by atoms with van der Waals surface area (Å²) in [6.45, 7) is 5.01. The number of aliphatic hydroxyl groups excluding tert-OH is 1. The monoisotopic (exact) mass is 242 g/mol. The van der Waals surface area contributed by atoms with Gasteiger partial charge in [-0.2, -0.15) is 0 Å². The summed E-state index contributed by atoms with van der Waals surface area (Å²) < 4.78 is 23.3. The van der Waals surface area contributed by atoms with E-state index in [0.717, 1.165) is 5.56 Å². The number of rotatable bonds is 4. The van der Waals surface area contributed by atoms with Crippen molar-refractivity contribution < 1.29 is 13.5 Å². The molecule has 4 heteroatoms. The van der Waals surface area contributed by atoms with Crippen molar-refractivity contribution in [3.8, 4) is 0 Å². The van der Waals surface area contributed by atoms with E-state index >= 15 is 0 Å². The van der Waals surface area contributed by atoms with Gasteiger partial charge in [0, 0.05) is 5.75 Å². The number of sulfone groups is 1. The van der Waals surface area contributed by atoms with Crippen molar-refractivity contribution in [3.05, 3.63) is 35.4 Å². The summed E-state index contributed by atoms with van der Waals surface area (Å²) in [6, 6.07) is 7.30. The first-order chi connectivity index (χ1) is 7.40. The summed E-state index contributed by atoms with van der Waals surface area (Å²) in [5.74, 6) is 0.0527. The van der Waals surface area contributed by atoms with Crippen LogP contribution in [0.1, 0.15) is 31.1 Å². The highest BCUT2D eigenvalue weighted by Crippen LogP contribution is 2.24. The fourth-order valence-corrected chi connectivity index (χ4v) is 2.70. The molecule has 0 bridgehead atoms. The van der Waals surface area contributed by atoms with E-state index in [1.165, 1.54) is 0 Å². The molecule has 0 unspecified atom stereocenters. The Kier molecular flexibility index (Phi) is 4.10. The lowest BCUT2D eigenvalue weighted by molar-refractivity contribution is 0.175. The van der Waals surface area contributed by atoms with Crippen molar-refractivity contribution in [3.63, 3.8) is 0 Å². The Morgan fingerprint density at radius 2 is 1.88 bits per heavy atom. The minimum absolute atomic E-state index is 0.0527. The zero-order valence-electron chi connectivity index (χ0n) is 9.84. The molecule has 1 aromatic carbocycles. The van der Waals surface area contributed by atoms with Gasteiger partial charge in [-0.25, -0.2) is 8.42 Å². The highest BCUT2D eigenvalue weighted by atomic mass is 32.2. The van der Waals surface area contributed by atoms with Crippen LogP contribution in [0.15, 0.2) is 24.3 Å². The Balaban J connectivity index is 3.04. The molecule has 2 atom stereocenters. The second-order valence-corrected chi connectivity index (χ2v) is 6.60. The van der Waals surface area contributed by atoms with Gasteiger partial charge in [-0.1, -0.05) is 31.2 Å². The van der Waals surface area contributed by atoms with Gasteiger partial charge < -0.3 is 5.11 Å². The molecular formula is C12H18O3S. The van der Waals surface area contributed by atoms with Crippen molar-refractivity contribution in [2.45, 2.75) is 32.1 Å². The van der Waals surface area contributed by atoms with Crippen LogP contribution in [0.4, 0.5) is 0 Å². The molecule has 0 aromatic heterocycles. The summed E-state index contributed by atoms with van der Waals surface area (Å²) in [6.07, 6.45) is -0.953. The fraction of sp³-hybridized carbons (Fsp3) is 0.500. The maximum absolute atomic E-state index is 11.7. The first kappa shape index (κ1) is 13.2. The maximum atomic E-state index is 11.7. The van der Waals surface area contributed by atoms with Crippen LogP contribution in [0.2, 0.25) is 0 Å². The Labute approximate surface area is 97.0 Å². The lowest BCUT2D eigenvalue weighted by Gasteiger charge is -2.20. The second-order valence-electron chi connectivity index (χ2n) is 3.96. The van der Waals surface area contributed by atoms with Gasteiger partial charge in [-0.15, -0.1) is 0 Å². The fourth-order valence-electron chi connectivity index (χ4n) is 1.63. The second kappa shape index (κ2) is 4.97. The van der Waals surface area contributed by atoms with Crippen LogP contribution in [-0.4, -0.2) is 24.5 Å². The summed E-state index contributed by atoms with van der Waals surface area (Å²) in [4.78, 5) is 0. The molecule has 3 nitrogen and oxygen atoms in total. The molecule has 0 aliphatic carbocycles. The van der Waals surface area contributed by atoms with Crippen LogP contribution >= 0.6 is 0 Å². The molecule has 90 valence electrons. The zero-order chi connectivity index (χ0) is 12.3. The van der Waals surface area contributed by atoms with Crippen molar-refractivity contribution in [1.82, 2.24) is 0 Å². The van der Waals surface area contributed by atoms with Crippen LogP contribution in [0, 0.1) is 6.92 Å². The van der Waals surface area contributed by atoms with E-state index in [2.05, 4.69) is 0 Å². The van der Waals surface area contributed by atoms with Gasteiger partial charge >= 0.3 is 0 Å². The molecule has 0 aliphatic rings. The molecule has 16 heavy (non-hydrogen) atoms. The summed E-state index contributed by atoms with van der Waals surface area (Å²) in [5, 5.41) is 9.29. The predicted molar refractivity (Wildman–Crippen MR) is 65.1 cm³/mol. The van der Waals surface area contributed by atoms with Gasteiger partial charge in [0.2, 0.25) is 0 Å². The molecule has 0 amide bonds.